The van der Waals surface area contributed by atoms with Gasteiger partial charge in [-0.2, -0.15) is 0 Å². The van der Waals surface area contributed by atoms with E-state index in [1.165, 1.54) is 0 Å². The Bertz CT molecular complexity index is 392. The van der Waals surface area contributed by atoms with Crippen LogP contribution >= 0.6 is 11.6 Å². The molecule has 0 aromatic heterocycles. The third kappa shape index (κ3) is 5.72. The topological polar surface area (TPSA) is 23.5 Å². The lowest BCUT2D eigenvalue weighted by Gasteiger charge is -2.28. The van der Waals surface area contributed by atoms with Crippen molar-refractivity contribution in [2.45, 2.75) is 47.1 Å². The summed E-state index contributed by atoms with van der Waals surface area (Å²) in [5.41, 5.74) is 2.04. The molecule has 0 saturated carbocycles. The molecular weight excluding hydrogens is 270 g/mol. The molecule has 0 heterocycles. The van der Waals surface area contributed by atoms with Gasteiger partial charge in [-0.05, 0) is 42.9 Å². The van der Waals surface area contributed by atoms with E-state index < -0.39 is 0 Å². The molecule has 0 aliphatic carbocycles. The van der Waals surface area contributed by atoms with Crippen LogP contribution in [0.3, 0.4) is 0 Å². The highest BCUT2D eigenvalue weighted by Crippen LogP contribution is 2.26. The van der Waals surface area contributed by atoms with Crippen molar-refractivity contribution in [3.63, 3.8) is 0 Å². The van der Waals surface area contributed by atoms with Gasteiger partial charge in [0.15, 0.2) is 0 Å². The number of halogens is 1. The van der Waals surface area contributed by atoms with Gasteiger partial charge in [-0.25, -0.2) is 0 Å². The second-order valence-corrected chi connectivity index (χ2v) is 6.72. The van der Waals surface area contributed by atoms with Crippen LogP contribution in [0, 0.1) is 11.8 Å². The molecule has 1 rings (SSSR count). The molecule has 0 aliphatic heterocycles. The van der Waals surface area contributed by atoms with Crippen LogP contribution in [0.2, 0.25) is 5.02 Å². The average Bonchev–Trinajstić information content (AvgIpc) is 2.38. The molecule has 1 N–H and O–H groups in total. The Hall–Kier alpha value is -0.730. The van der Waals surface area contributed by atoms with E-state index in [-0.39, 0.29) is 6.61 Å². The zero-order chi connectivity index (χ0) is 15.1. The van der Waals surface area contributed by atoms with Crippen molar-refractivity contribution in [1.82, 2.24) is 0 Å². The number of rotatable bonds is 8. The number of hydrogen-bond acceptors (Lipinski definition) is 2. The number of benzene rings is 1. The molecular formula is C17H28ClNO. The number of hydrogen-bond donors (Lipinski definition) is 1. The fraction of sp³-hybridized carbons (Fsp3) is 0.647. The first-order valence-electron chi connectivity index (χ1n) is 7.58. The van der Waals surface area contributed by atoms with Crippen LogP contribution in [-0.4, -0.2) is 18.2 Å². The Morgan fingerprint density at radius 2 is 1.60 bits per heavy atom. The van der Waals surface area contributed by atoms with Crippen LogP contribution in [0.4, 0.5) is 5.69 Å². The number of anilines is 1. The number of aliphatic hydroxyl groups excluding tert-OH is 1. The summed E-state index contributed by atoms with van der Waals surface area (Å²) in [5, 5.41) is 10.2. The third-order valence-electron chi connectivity index (χ3n) is 3.51. The molecule has 114 valence electrons. The lowest BCUT2D eigenvalue weighted by atomic mass is 10.1. The first kappa shape index (κ1) is 17.3. The molecule has 0 radical (unpaired) electrons. The Labute approximate surface area is 128 Å². The molecule has 0 unspecified atom stereocenters. The van der Waals surface area contributed by atoms with Crippen molar-refractivity contribution in [1.29, 1.82) is 0 Å². The first-order chi connectivity index (χ1) is 9.43. The Balaban J connectivity index is 2.89. The van der Waals surface area contributed by atoms with Gasteiger partial charge >= 0.3 is 0 Å². The maximum atomic E-state index is 9.56. The van der Waals surface area contributed by atoms with Crippen molar-refractivity contribution >= 4 is 17.3 Å². The third-order valence-corrected chi connectivity index (χ3v) is 3.74. The standard InChI is InChI=1S/C17H28ClNO/c1-13(2)7-9-19(10-8-14(3)4)17-6-5-16(18)11-15(17)12-20/h5-6,11,13-14,20H,7-10,12H2,1-4H3. The zero-order valence-electron chi connectivity index (χ0n) is 13.2. The van der Waals surface area contributed by atoms with E-state index in [0.717, 1.165) is 37.2 Å². The second kappa shape index (κ2) is 8.53. The van der Waals surface area contributed by atoms with Crippen LogP contribution in [0.1, 0.15) is 46.1 Å². The van der Waals surface area contributed by atoms with Crippen LogP contribution < -0.4 is 4.90 Å². The van der Waals surface area contributed by atoms with Crippen LogP contribution in [0.5, 0.6) is 0 Å². The molecule has 20 heavy (non-hydrogen) atoms. The van der Waals surface area contributed by atoms with E-state index in [1.54, 1.807) is 0 Å². The Morgan fingerprint density at radius 3 is 2.05 bits per heavy atom. The summed E-state index contributed by atoms with van der Waals surface area (Å²) >= 11 is 6.03. The predicted molar refractivity (Wildman–Crippen MR) is 88.5 cm³/mol. The quantitative estimate of drug-likeness (QED) is 0.750. The van der Waals surface area contributed by atoms with Gasteiger partial charge in [0.05, 0.1) is 6.61 Å². The molecule has 2 nitrogen and oxygen atoms in total. The van der Waals surface area contributed by atoms with Gasteiger partial charge in [-0.1, -0.05) is 39.3 Å². The Kier molecular flexibility index (Phi) is 7.39. The van der Waals surface area contributed by atoms with Crippen molar-refractivity contribution in [3.8, 4) is 0 Å². The van der Waals surface area contributed by atoms with Gasteiger partial charge in [-0.15, -0.1) is 0 Å². The number of nitrogens with zero attached hydrogens (tertiary/aromatic N) is 1. The van der Waals surface area contributed by atoms with Crippen LogP contribution in [-0.2, 0) is 6.61 Å². The van der Waals surface area contributed by atoms with Gasteiger partial charge in [-0.3, -0.25) is 0 Å². The molecule has 1 aromatic carbocycles. The maximum Gasteiger partial charge on any atom is 0.0702 e. The van der Waals surface area contributed by atoms with Gasteiger partial charge in [0.25, 0.3) is 0 Å². The van der Waals surface area contributed by atoms with E-state index in [9.17, 15) is 5.11 Å². The van der Waals surface area contributed by atoms with Gasteiger partial charge in [0.2, 0.25) is 0 Å². The molecule has 0 fully saturated rings. The zero-order valence-corrected chi connectivity index (χ0v) is 14.0. The van der Waals surface area contributed by atoms with Crippen molar-refractivity contribution in [2.75, 3.05) is 18.0 Å². The van der Waals surface area contributed by atoms with E-state index in [0.29, 0.717) is 16.9 Å². The molecule has 1 aromatic rings. The summed E-state index contributed by atoms with van der Waals surface area (Å²) in [5.74, 6) is 1.36. The highest BCUT2D eigenvalue weighted by atomic mass is 35.5. The summed E-state index contributed by atoms with van der Waals surface area (Å²) in [6.07, 6.45) is 2.32. The van der Waals surface area contributed by atoms with E-state index >= 15 is 0 Å². The minimum Gasteiger partial charge on any atom is -0.392 e. The largest absolute Gasteiger partial charge is 0.392 e. The van der Waals surface area contributed by atoms with Gasteiger partial charge in [0.1, 0.15) is 0 Å². The molecule has 0 spiro atoms. The minimum absolute atomic E-state index is 0.0375. The summed E-state index contributed by atoms with van der Waals surface area (Å²) < 4.78 is 0. The molecule has 0 amide bonds. The minimum atomic E-state index is 0.0375. The SMILES string of the molecule is CC(C)CCN(CCC(C)C)c1ccc(Cl)cc1CO. The van der Waals surface area contributed by atoms with Crippen LogP contribution in [0.15, 0.2) is 18.2 Å². The van der Waals surface area contributed by atoms with Crippen molar-refractivity contribution in [2.24, 2.45) is 11.8 Å². The predicted octanol–water partition coefficient (Wildman–Crippen LogP) is 4.73. The monoisotopic (exact) mass is 297 g/mol. The Morgan fingerprint density at radius 1 is 1.05 bits per heavy atom. The highest BCUT2D eigenvalue weighted by molar-refractivity contribution is 6.30. The first-order valence-corrected chi connectivity index (χ1v) is 7.96. The van der Waals surface area contributed by atoms with Gasteiger partial charge < -0.3 is 10.0 Å². The number of aliphatic hydroxyl groups is 1. The molecule has 0 atom stereocenters. The highest BCUT2D eigenvalue weighted by Gasteiger charge is 2.12. The molecule has 0 saturated heterocycles. The average molecular weight is 298 g/mol. The normalized spacial score (nSPS) is 11.4. The molecule has 3 heteroatoms. The van der Waals surface area contributed by atoms with Crippen LogP contribution in [0.25, 0.3) is 0 Å². The van der Waals surface area contributed by atoms with Crippen molar-refractivity contribution in [3.05, 3.63) is 28.8 Å². The second-order valence-electron chi connectivity index (χ2n) is 6.28. The molecule has 0 bridgehead atoms. The molecule has 0 aliphatic rings. The summed E-state index contributed by atoms with van der Waals surface area (Å²) in [6.45, 7) is 11.1. The summed E-state index contributed by atoms with van der Waals surface area (Å²) in [7, 11) is 0. The van der Waals surface area contributed by atoms with Crippen molar-refractivity contribution < 1.29 is 5.11 Å². The van der Waals surface area contributed by atoms with E-state index in [4.69, 9.17) is 11.6 Å². The van der Waals surface area contributed by atoms with Gasteiger partial charge in [0, 0.05) is 29.4 Å². The fourth-order valence-corrected chi connectivity index (χ4v) is 2.36. The summed E-state index contributed by atoms with van der Waals surface area (Å²) in [6, 6.07) is 5.82. The maximum absolute atomic E-state index is 9.56. The van der Waals surface area contributed by atoms with E-state index in [1.807, 2.05) is 18.2 Å². The fourth-order valence-electron chi connectivity index (χ4n) is 2.17. The smallest absolute Gasteiger partial charge is 0.0702 e. The summed E-state index contributed by atoms with van der Waals surface area (Å²) in [4.78, 5) is 2.39. The van der Waals surface area contributed by atoms with E-state index in [2.05, 4.69) is 32.6 Å². The lowest BCUT2D eigenvalue weighted by Crippen LogP contribution is -2.28. The lowest BCUT2D eigenvalue weighted by molar-refractivity contribution is 0.282.